The van der Waals surface area contributed by atoms with Gasteiger partial charge < -0.3 is 16.0 Å². The van der Waals surface area contributed by atoms with Crippen molar-refractivity contribution < 1.29 is 19.2 Å². The second kappa shape index (κ2) is 8.96. The van der Waals surface area contributed by atoms with Crippen molar-refractivity contribution in [2.45, 2.75) is 44.4 Å². The number of fused-ring (bicyclic) bond motifs is 1. The summed E-state index contributed by atoms with van der Waals surface area (Å²) >= 11 is 0. The molecule has 0 aliphatic carbocycles. The number of anilines is 1. The van der Waals surface area contributed by atoms with E-state index in [2.05, 4.69) is 15.5 Å². The number of nitrogens with two attached hydrogens (primary N) is 1. The van der Waals surface area contributed by atoms with Crippen molar-refractivity contribution in [2.75, 3.05) is 18.0 Å². The van der Waals surface area contributed by atoms with E-state index in [0.717, 1.165) is 41.5 Å². The summed E-state index contributed by atoms with van der Waals surface area (Å²) in [6, 6.07) is 10.2. The summed E-state index contributed by atoms with van der Waals surface area (Å²) in [6.45, 7) is 2.73. The maximum absolute atomic E-state index is 13.0. The van der Waals surface area contributed by atoms with E-state index in [-0.39, 0.29) is 30.0 Å². The first-order chi connectivity index (χ1) is 16.4. The Labute approximate surface area is 196 Å². The fourth-order valence-electron chi connectivity index (χ4n) is 4.70. The highest BCUT2D eigenvalue weighted by Gasteiger charge is 2.44. The predicted octanol–water partition coefficient (Wildman–Crippen LogP) is 0.310. The van der Waals surface area contributed by atoms with Gasteiger partial charge in [-0.25, -0.2) is 4.98 Å². The molecule has 176 valence electrons. The molecule has 1 aromatic carbocycles. The quantitative estimate of drug-likeness (QED) is 0.522. The average molecular weight is 463 g/mol. The molecule has 5 rings (SSSR count). The molecule has 0 spiro atoms. The van der Waals surface area contributed by atoms with E-state index in [0.29, 0.717) is 13.1 Å². The third-order valence-corrected chi connectivity index (χ3v) is 6.48. The first-order valence-corrected chi connectivity index (χ1v) is 11.4. The van der Waals surface area contributed by atoms with Crippen LogP contribution in [-0.2, 0) is 22.7 Å². The summed E-state index contributed by atoms with van der Waals surface area (Å²) < 4.78 is 0. The average Bonchev–Trinajstić information content (AvgIpc) is 3.36. The summed E-state index contributed by atoms with van der Waals surface area (Å²) in [6.07, 6.45) is 1.20. The van der Waals surface area contributed by atoms with Crippen molar-refractivity contribution in [3.63, 3.8) is 0 Å². The van der Waals surface area contributed by atoms with E-state index in [4.69, 9.17) is 10.7 Å². The fourth-order valence-corrected chi connectivity index (χ4v) is 4.70. The zero-order valence-electron chi connectivity index (χ0n) is 18.6. The second-order valence-electron chi connectivity index (χ2n) is 8.91. The lowest BCUT2D eigenvalue weighted by atomic mass is 10.0. The Bertz CT molecular complexity index is 1180. The number of imide groups is 2. The lowest BCUT2D eigenvalue weighted by Gasteiger charge is -2.27. The molecule has 0 saturated carbocycles. The Morgan fingerprint density at radius 1 is 1.03 bits per heavy atom. The molecule has 0 bridgehead atoms. The van der Waals surface area contributed by atoms with Crippen molar-refractivity contribution in [3.05, 3.63) is 58.8 Å². The van der Waals surface area contributed by atoms with E-state index in [9.17, 15) is 19.2 Å². The lowest BCUT2D eigenvalue weighted by molar-refractivity contribution is -0.136. The number of carbonyl (C=O) groups is 4. The van der Waals surface area contributed by atoms with Gasteiger partial charge in [0, 0.05) is 38.6 Å². The third kappa shape index (κ3) is 4.17. The van der Waals surface area contributed by atoms with Crippen LogP contribution in [0.3, 0.4) is 0 Å². The molecule has 2 atom stereocenters. The monoisotopic (exact) mass is 462 g/mol. The minimum absolute atomic E-state index is 0.0960. The molecule has 34 heavy (non-hydrogen) atoms. The van der Waals surface area contributed by atoms with E-state index in [1.807, 2.05) is 18.2 Å². The van der Waals surface area contributed by atoms with Gasteiger partial charge in [0.25, 0.3) is 11.8 Å². The van der Waals surface area contributed by atoms with Gasteiger partial charge in [0.05, 0.1) is 16.8 Å². The van der Waals surface area contributed by atoms with Crippen molar-refractivity contribution in [1.29, 1.82) is 0 Å². The molecule has 2 unspecified atom stereocenters. The number of pyridine rings is 1. The molecule has 4 N–H and O–H groups in total. The molecule has 0 radical (unpaired) electrons. The smallest absolute Gasteiger partial charge is 0.262 e. The Hall–Kier alpha value is -3.63. The zero-order chi connectivity index (χ0) is 23.8. The number of piperidine rings is 1. The van der Waals surface area contributed by atoms with Crippen LogP contribution in [0.2, 0.25) is 0 Å². The van der Waals surface area contributed by atoms with Crippen molar-refractivity contribution in [3.8, 4) is 0 Å². The highest BCUT2D eigenvalue weighted by atomic mass is 16.2. The largest absolute Gasteiger partial charge is 0.355 e. The van der Waals surface area contributed by atoms with Crippen LogP contribution in [0.1, 0.15) is 51.2 Å². The van der Waals surface area contributed by atoms with Crippen LogP contribution in [0.4, 0.5) is 5.82 Å². The zero-order valence-corrected chi connectivity index (χ0v) is 18.6. The maximum Gasteiger partial charge on any atom is 0.262 e. The lowest BCUT2D eigenvalue weighted by Crippen LogP contribution is -2.54. The summed E-state index contributed by atoms with van der Waals surface area (Å²) in [4.78, 5) is 57.3. The van der Waals surface area contributed by atoms with Crippen LogP contribution < -0.4 is 21.3 Å². The van der Waals surface area contributed by atoms with E-state index < -0.39 is 29.7 Å². The molecule has 2 saturated heterocycles. The Morgan fingerprint density at radius 2 is 1.85 bits per heavy atom. The molecule has 2 aromatic rings. The maximum atomic E-state index is 13.0. The Morgan fingerprint density at radius 3 is 2.62 bits per heavy atom. The summed E-state index contributed by atoms with van der Waals surface area (Å²) in [5.41, 5.74) is 8.29. The van der Waals surface area contributed by atoms with Crippen LogP contribution in [-0.4, -0.2) is 58.7 Å². The van der Waals surface area contributed by atoms with Crippen LogP contribution in [0.25, 0.3) is 0 Å². The van der Waals surface area contributed by atoms with Gasteiger partial charge in [0.15, 0.2) is 0 Å². The second-order valence-corrected chi connectivity index (χ2v) is 8.91. The normalized spacial score (nSPS) is 22.4. The number of benzene rings is 1. The fraction of sp³-hybridized carbons (Fsp3) is 0.375. The van der Waals surface area contributed by atoms with Gasteiger partial charge in [-0.05, 0) is 42.7 Å². The molecule has 3 aliphatic rings. The molecule has 3 aliphatic heterocycles. The number of hydrogen-bond donors (Lipinski definition) is 3. The number of amides is 4. The van der Waals surface area contributed by atoms with Crippen LogP contribution >= 0.6 is 0 Å². The number of nitrogens with one attached hydrogen (secondary N) is 2. The van der Waals surface area contributed by atoms with Crippen LogP contribution in [0.15, 0.2) is 36.4 Å². The van der Waals surface area contributed by atoms with Gasteiger partial charge in [0.1, 0.15) is 11.9 Å². The number of rotatable bonds is 6. The molecule has 1 aromatic heterocycles. The minimum atomic E-state index is -0.963. The molecule has 4 heterocycles. The van der Waals surface area contributed by atoms with E-state index >= 15 is 0 Å². The van der Waals surface area contributed by atoms with Gasteiger partial charge in [-0.2, -0.15) is 0 Å². The highest BCUT2D eigenvalue weighted by molar-refractivity contribution is 6.23. The van der Waals surface area contributed by atoms with Gasteiger partial charge in [-0.3, -0.25) is 29.4 Å². The Kier molecular flexibility index (Phi) is 5.84. The first-order valence-electron chi connectivity index (χ1n) is 11.4. The number of hydrogen-bond acceptors (Lipinski definition) is 8. The van der Waals surface area contributed by atoms with Gasteiger partial charge >= 0.3 is 0 Å². The summed E-state index contributed by atoms with van der Waals surface area (Å²) in [7, 11) is 0. The predicted molar refractivity (Wildman–Crippen MR) is 123 cm³/mol. The number of carbonyl (C=O) groups excluding carboxylic acids is 4. The highest BCUT2D eigenvalue weighted by Crippen LogP contribution is 2.28. The molecule has 10 nitrogen and oxygen atoms in total. The van der Waals surface area contributed by atoms with Crippen molar-refractivity contribution >= 4 is 29.4 Å². The topological polar surface area (TPSA) is 138 Å². The minimum Gasteiger partial charge on any atom is -0.355 e. The summed E-state index contributed by atoms with van der Waals surface area (Å²) in [5, 5.41) is 5.53. The molecular weight excluding hydrogens is 436 g/mol. The molecule has 2 fully saturated rings. The van der Waals surface area contributed by atoms with E-state index in [1.54, 1.807) is 18.2 Å². The van der Waals surface area contributed by atoms with Crippen molar-refractivity contribution in [1.82, 2.24) is 20.5 Å². The number of aromatic nitrogens is 1. The number of nitrogens with zero attached hydrogens (tertiary/aromatic N) is 3. The molecule has 4 amide bonds. The van der Waals surface area contributed by atoms with Gasteiger partial charge in [-0.15, -0.1) is 0 Å². The van der Waals surface area contributed by atoms with Gasteiger partial charge in [0.2, 0.25) is 11.8 Å². The van der Waals surface area contributed by atoms with Crippen LogP contribution in [0, 0.1) is 0 Å². The molecule has 10 heteroatoms. The standard InChI is InChI=1S/C24H26N6O4/c25-15-8-9-29(13-15)20-3-1-2-16(27-20)12-26-11-14-4-5-17-18(10-14)24(34)30(23(17)33)19-6-7-21(31)28-22(19)32/h1-5,10,15,19,26H,6-9,11-13,25H2,(H,28,31,32). The molecular formula is C24H26N6O4. The Balaban J connectivity index is 1.23. The SMILES string of the molecule is NC1CCN(c2cccc(CNCc3ccc4c(c3)C(=O)N(C3CCC(=O)NC3=O)C4=O)n2)C1. The first kappa shape index (κ1) is 22.2. The van der Waals surface area contributed by atoms with Gasteiger partial charge in [-0.1, -0.05) is 12.1 Å². The summed E-state index contributed by atoms with van der Waals surface area (Å²) in [5.74, 6) is -1.10. The third-order valence-electron chi connectivity index (χ3n) is 6.48. The van der Waals surface area contributed by atoms with E-state index in [1.165, 1.54) is 0 Å². The van der Waals surface area contributed by atoms with Crippen LogP contribution in [0.5, 0.6) is 0 Å². The van der Waals surface area contributed by atoms with Crippen molar-refractivity contribution in [2.24, 2.45) is 5.73 Å².